The second kappa shape index (κ2) is 9.39. The molecule has 0 saturated carbocycles. The first-order valence-electron chi connectivity index (χ1n) is 12.1. The number of hydrogen-bond donors (Lipinski definition) is 3. The molecule has 1 aliphatic rings. The monoisotopic (exact) mass is 492 g/mol. The molecule has 0 spiro atoms. The lowest BCUT2D eigenvalue weighted by atomic mass is 9.88. The molecule has 2 heterocycles. The highest BCUT2D eigenvalue weighted by Gasteiger charge is 2.23. The highest BCUT2D eigenvalue weighted by molar-refractivity contribution is 6.09. The quantitative estimate of drug-likeness (QED) is 0.213. The molecule has 0 amide bonds. The van der Waals surface area contributed by atoms with Crippen LogP contribution in [0.3, 0.4) is 0 Å². The third-order valence-corrected chi connectivity index (χ3v) is 6.76. The molecular formula is C29H25FN6O. The normalized spacial score (nSPS) is 14.8. The van der Waals surface area contributed by atoms with Crippen LogP contribution in [0, 0.1) is 11.2 Å². The molecule has 5 aromatic rings. The summed E-state index contributed by atoms with van der Waals surface area (Å²) in [4.78, 5) is 8.57. The van der Waals surface area contributed by atoms with Crippen molar-refractivity contribution >= 4 is 28.4 Å². The van der Waals surface area contributed by atoms with Crippen LogP contribution in [-0.2, 0) is 12.8 Å². The Kier molecular flexibility index (Phi) is 5.76. The molecule has 0 saturated heterocycles. The second-order valence-electron chi connectivity index (χ2n) is 9.13. The van der Waals surface area contributed by atoms with E-state index in [-0.39, 0.29) is 23.4 Å². The number of nitrogen functional groups attached to an aromatic ring is 1. The highest BCUT2D eigenvalue weighted by atomic mass is 19.1. The van der Waals surface area contributed by atoms with Gasteiger partial charge in [-0.25, -0.2) is 14.4 Å². The van der Waals surface area contributed by atoms with Crippen LogP contribution in [0.2, 0.25) is 0 Å². The minimum Gasteiger partial charge on any atom is -0.454 e. The number of ether oxygens (including phenoxy) is 1. The van der Waals surface area contributed by atoms with Crippen LogP contribution in [0.1, 0.15) is 23.1 Å². The van der Waals surface area contributed by atoms with Crippen LogP contribution in [0.4, 0.5) is 16.0 Å². The van der Waals surface area contributed by atoms with Crippen molar-refractivity contribution < 1.29 is 9.13 Å². The van der Waals surface area contributed by atoms with Gasteiger partial charge in [0.15, 0.2) is 11.6 Å². The van der Waals surface area contributed by atoms with E-state index >= 15 is 4.39 Å². The molecule has 0 bridgehead atoms. The first-order valence-corrected chi connectivity index (χ1v) is 12.1. The van der Waals surface area contributed by atoms with E-state index in [2.05, 4.69) is 39.6 Å². The maximum Gasteiger partial charge on any atom is 0.167 e. The average molecular weight is 493 g/mol. The van der Waals surface area contributed by atoms with Crippen LogP contribution in [0.25, 0.3) is 10.9 Å². The Balaban J connectivity index is 1.31. The van der Waals surface area contributed by atoms with E-state index in [9.17, 15) is 0 Å². The van der Waals surface area contributed by atoms with Gasteiger partial charge in [0.1, 0.15) is 35.1 Å². The van der Waals surface area contributed by atoms with Crippen molar-refractivity contribution in [2.24, 2.45) is 0 Å². The molecule has 0 radical (unpaired) electrons. The summed E-state index contributed by atoms with van der Waals surface area (Å²) in [5, 5.41) is 13.2. The van der Waals surface area contributed by atoms with Gasteiger partial charge in [0.05, 0.1) is 5.52 Å². The van der Waals surface area contributed by atoms with Gasteiger partial charge in [-0.05, 0) is 54.7 Å². The van der Waals surface area contributed by atoms with Crippen LogP contribution in [-0.4, -0.2) is 26.4 Å². The second-order valence-corrected chi connectivity index (χ2v) is 9.13. The minimum absolute atomic E-state index is 0.0583. The standard InChI is InChI=1S/C29H25FN6O/c30-23-16-24-20(15-25(23)37-22-8-2-1-3-9-22)12-13-36(24)28(32)26-27(31)33-17-34-29(26)35-21-11-10-18-6-4-5-7-19(18)14-21/h1-9,12-13,15-17,21,32H,10-11,14H2,(H3,31,33,34,35). The van der Waals surface area contributed by atoms with Gasteiger partial charge in [-0.2, -0.15) is 0 Å². The zero-order valence-corrected chi connectivity index (χ0v) is 20.0. The molecule has 0 aliphatic heterocycles. The van der Waals surface area contributed by atoms with Crippen molar-refractivity contribution in [3.63, 3.8) is 0 Å². The smallest absolute Gasteiger partial charge is 0.167 e. The topological polar surface area (TPSA) is 102 Å². The summed E-state index contributed by atoms with van der Waals surface area (Å²) in [6.45, 7) is 0. The summed E-state index contributed by atoms with van der Waals surface area (Å²) < 4.78 is 22.4. The SMILES string of the molecule is N=C(c1c(N)ncnc1NC1CCc2ccccc2C1)n1ccc2cc(Oc3ccccc3)c(F)cc21. The van der Waals surface area contributed by atoms with Gasteiger partial charge in [0.25, 0.3) is 0 Å². The van der Waals surface area contributed by atoms with Crippen LogP contribution in [0.5, 0.6) is 11.5 Å². The Morgan fingerprint density at radius 1 is 1.03 bits per heavy atom. The third-order valence-electron chi connectivity index (χ3n) is 6.76. The van der Waals surface area contributed by atoms with Crippen LogP contribution in [0.15, 0.2) is 85.3 Å². The van der Waals surface area contributed by atoms with Crippen LogP contribution < -0.4 is 15.8 Å². The van der Waals surface area contributed by atoms with Crippen molar-refractivity contribution in [3.05, 3.63) is 108 Å². The minimum atomic E-state index is -0.527. The molecule has 2 aromatic heterocycles. The first-order chi connectivity index (χ1) is 18.1. The van der Waals surface area contributed by atoms with Gasteiger partial charge in [-0.15, -0.1) is 0 Å². The zero-order valence-electron chi connectivity index (χ0n) is 20.0. The highest BCUT2D eigenvalue weighted by Crippen LogP contribution is 2.31. The number of aryl methyl sites for hydroxylation is 1. The summed E-state index contributed by atoms with van der Waals surface area (Å²) in [5.74, 6) is 0.871. The van der Waals surface area contributed by atoms with E-state index in [0.717, 1.165) is 24.6 Å². The van der Waals surface area contributed by atoms with Crippen LogP contribution >= 0.6 is 0 Å². The molecule has 8 heteroatoms. The number of para-hydroxylation sites is 1. The number of nitrogens with zero attached hydrogens (tertiary/aromatic N) is 3. The lowest BCUT2D eigenvalue weighted by Gasteiger charge is -2.27. The zero-order chi connectivity index (χ0) is 25.4. The van der Waals surface area contributed by atoms with Crippen molar-refractivity contribution in [1.29, 1.82) is 5.41 Å². The predicted octanol–water partition coefficient (Wildman–Crippen LogP) is 5.79. The molecule has 3 aromatic carbocycles. The van der Waals surface area contributed by atoms with E-state index in [1.54, 1.807) is 29.0 Å². The van der Waals surface area contributed by atoms with E-state index in [1.807, 2.05) is 24.3 Å². The molecular weight excluding hydrogens is 467 g/mol. The third kappa shape index (κ3) is 4.38. The van der Waals surface area contributed by atoms with Crippen molar-refractivity contribution in [2.45, 2.75) is 25.3 Å². The molecule has 1 aliphatic carbocycles. The Labute approximate surface area is 213 Å². The molecule has 6 rings (SSSR count). The molecule has 1 unspecified atom stereocenters. The molecule has 7 nitrogen and oxygen atoms in total. The number of aromatic nitrogens is 3. The number of rotatable bonds is 5. The number of nitrogens with two attached hydrogens (primary N) is 1. The number of anilines is 2. The molecule has 4 N–H and O–H groups in total. The van der Waals surface area contributed by atoms with Gasteiger partial charge in [-0.1, -0.05) is 42.5 Å². The lowest BCUT2D eigenvalue weighted by molar-refractivity contribution is 0.443. The first kappa shape index (κ1) is 22.7. The Hall–Kier alpha value is -4.72. The van der Waals surface area contributed by atoms with Crippen molar-refractivity contribution in [3.8, 4) is 11.5 Å². The van der Waals surface area contributed by atoms with Crippen molar-refractivity contribution in [1.82, 2.24) is 14.5 Å². The molecule has 1 atom stereocenters. The van der Waals surface area contributed by atoms with Gasteiger partial charge in [-0.3, -0.25) is 5.41 Å². The fourth-order valence-electron chi connectivity index (χ4n) is 4.90. The summed E-state index contributed by atoms with van der Waals surface area (Å²) in [7, 11) is 0. The van der Waals surface area contributed by atoms with Gasteiger partial charge in [0.2, 0.25) is 0 Å². The number of hydrogen-bond acceptors (Lipinski definition) is 6. The lowest BCUT2D eigenvalue weighted by Crippen LogP contribution is -2.29. The molecule has 37 heavy (non-hydrogen) atoms. The Morgan fingerprint density at radius 3 is 2.65 bits per heavy atom. The largest absolute Gasteiger partial charge is 0.454 e. The summed E-state index contributed by atoms with van der Waals surface area (Å²) >= 11 is 0. The summed E-state index contributed by atoms with van der Waals surface area (Å²) in [6.07, 6.45) is 5.87. The Morgan fingerprint density at radius 2 is 1.81 bits per heavy atom. The van der Waals surface area contributed by atoms with Gasteiger partial charge >= 0.3 is 0 Å². The Bertz CT molecular complexity index is 1610. The van der Waals surface area contributed by atoms with E-state index in [0.29, 0.717) is 22.6 Å². The maximum absolute atomic E-state index is 15.0. The number of halogens is 1. The fourth-order valence-corrected chi connectivity index (χ4v) is 4.90. The molecule has 0 fully saturated rings. The van der Waals surface area contributed by atoms with E-state index < -0.39 is 5.82 Å². The fraction of sp³-hybridized carbons (Fsp3) is 0.138. The predicted molar refractivity (Wildman–Crippen MR) is 143 cm³/mol. The number of benzene rings is 3. The summed E-state index contributed by atoms with van der Waals surface area (Å²) in [6, 6.07) is 22.4. The molecule has 184 valence electrons. The van der Waals surface area contributed by atoms with E-state index in [1.165, 1.54) is 23.5 Å². The summed E-state index contributed by atoms with van der Waals surface area (Å²) in [5.41, 5.74) is 9.83. The van der Waals surface area contributed by atoms with Gasteiger partial charge in [0, 0.05) is 23.7 Å². The average Bonchev–Trinajstić information content (AvgIpc) is 3.32. The maximum atomic E-state index is 15.0. The van der Waals surface area contributed by atoms with Gasteiger partial charge < -0.3 is 20.4 Å². The van der Waals surface area contributed by atoms with Crippen molar-refractivity contribution in [2.75, 3.05) is 11.1 Å². The number of fused-ring (bicyclic) bond motifs is 2. The number of nitrogens with one attached hydrogen (secondary N) is 2. The van der Waals surface area contributed by atoms with E-state index in [4.69, 9.17) is 15.9 Å².